The summed E-state index contributed by atoms with van der Waals surface area (Å²) in [6.45, 7) is 0.339. The molecule has 0 bridgehead atoms. The lowest BCUT2D eigenvalue weighted by atomic mass is 10.5. The zero-order valence-corrected chi connectivity index (χ0v) is 5.95. The van der Waals surface area contributed by atoms with Gasteiger partial charge < -0.3 is 0 Å². The second kappa shape index (κ2) is 8.86. The van der Waals surface area contributed by atoms with Crippen molar-refractivity contribution < 1.29 is 14.8 Å². The largest absolute Gasteiger partial charge is 0.205 e. The second-order valence-electron chi connectivity index (χ2n) is 1.53. The van der Waals surface area contributed by atoms with Crippen molar-refractivity contribution in [1.29, 1.82) is 10.5 Å². The smallest absolute Gasteiger partial charge is 0.0983 e. The van der Waals surface area contributed by atoms with Crippen molar-refractivity contribution in [2.24, 2.45) is 0 Å². The van der Waals surface area contributed by atoms with E-state index in [1.54, 1.807) is 0 Å². The Kier molecular flexibility index (Phi) is 7.94. The molecule has 5 heteroatoms. The van der Waals surface area contributed by atoms with E-state index < -0.39 is 0 Å². The van der Waals surface area contributed by atoms with Crippen LogP contribution in [0.1, 0.15) is 12.8 Å². The molecule has 0 unspecified atom stereocenters. The molecule has 0 N–H and O–H groups in total. The highest BCUT2D eigenvalue weighted by Gasteiger charge is 1.88. The SMILES string of the molecule is N#CCCOOOCCC#N. The van der Waals surface area contributed by atoms with Crippen LogP contribution in [0.5, 0.6) is 0 Å². The third-order valence-corrected chi connectivity index (χ3v) is 0.691. The highest BCUT2D eigenvalue weighted by Crippen LogP contribution is 1.85. The first kappa shape index (κ1) is 9.86. The summed E-state index contributed by atoms with van der Waals surface area (Å²) in [5.74, 6) is 0. The third-order valence-electron chi connectivity index (χ3n) is 0.691. The van der Waals surface area contributed by atoms with Gasteiger partial charge in [-0.25, -0.2) is 9.78 Å². The standard InChI is InChI=1S/C6H8N2O3/c7-3-1-5-9-11-10-6-2-4-8/h1-2,5-6H2. The van der Waals surface area contributed by atoms with E-state index in [1.807, 2.05) is 12.1 Å². The predicted octanol–water partition coefficient (Wildman–Crippen LogP) is 0.694. The van der Waals surface area contributed by atoms with Crippen molar-refractivity contribution >= 4 is 0 Å². The van der Waals surface area contributed by atoms with Crippen molar-refractivity contribution in [3.05, 3.63) is 0 Å². The van der Waals surface area contributed by atoms with Crippen molar-refractivity contribution in [2.45, 2.75) is 12.8 Å². The topological polar surface area (TPSA) is 75.3 Å². The van der Waals surface area contributed by atoms with Crippen molar-refractivity contribution in [3.63, 3.8) is 0 Å². The minimum atomic E-state index is 0.170. The molecule has 60 valence electrons. The van der Waals surface area contributed by atoms with Crippen LogP contribution in [0.15, 0.2) is 0 Å². The first-order valence-corrected chi connectivity index (χ1v) is 3.07. The van der Waals surface area contributed by atoms with Crippen molar-refractivity contribution in [3.8, 4) is 12.1 Å². The first-order chi connectivity index (χ1) is 5.41. The molecule has 0 radical (unpaired) electrons. The quantitative estimate of drug-likeness (QED) is 0.321. The van der Waals surface area contributed by atoms with Crippen LogP contribution < -0.4 is 0 Å². The maximum atomic E-state index is 8.04. The van der Waals surface area contributed by atoms with E-state index in [0.29, 0.717) is 0 Å². The summed E-state index contributed by atoms with van der Waals surface area (Å²) in [7, 11) is 0. The average molecular weight is 156 g/mol. The monoisotopic (exact) mass is 156 g/mol. The molecule has 0 heterocycles. The Labute approximate surface area is 64.5 Å². The Balaban J connectivity index is 2.82. The lowest BCUT2D eigenvalue weighted by molar-refractivity contribution is -0.511. The van der Waals surface area contributed by atoms with Crippen LogP contribution in [0.4, 0.5) is 0 Å². The molecular formula is C6H8N2O3. The van der Waals surface area contributed by atoms with E-state index in [0.717, 1.165) is 0 Å². The third kappa shape index (κ3) is 8.86. The molecule has 0 aliphatic heterocycles. The summed E-state index contributed by atoms with van der Waals surface area (Å²) < 4.78 is 0. The van der Waals surface area contributed by atoms with Crippen molar-refractivity contribution in [1.82, 2.24) is 0 Å². The van der Waals surface area contributed by atoms with Gasteiger partial charge in [0.2, 0.25) is 0 Å². The van der Waals surface area contributed by atoms with Gasteiger partial charge in [-0.3, -0.25) is 0 Å². The van der Waals surface area contributed by atoms with Crippen LogP contribution in [-0.4, -0.2) is 13.2 Å². The fourth-order valence-corrected chi connectivity index (χ4v) is 0.277. The molecule has 0 aromatic heterocycles. The van der Waals surface area contributed by atoms with Gasteiger partial charge in [0, 0.05) is 0 Å². The Bertz CT molecular complexity index is 140. The van der Waals surface area contributed by atoms with Gasteiger partial charge in [-0.1, -0.05) is 5.04 Å². The Morgan fingerprint density at radius 3 is 1.73 bits per heavy atom. The Hall–Kier alpha value is -1.14. The normalized spacial score (nSPS) is 8.55. The second-order valence-corrected chi connectivity index (χ2v) is 1.53. The molecule has 0 aromatic carbocycles. The van der Waals surface area contributed by atoms with E-state index in [2.05, 4.69) is 14.8 Å². The maximum absolute atomic E-state index is 8.04. The van der Waals surface area contributed by atoms with Crippen LogP contribution in [0, 0.1) is 22.7 Å². The summed E-state index contributed by atoms with van der Waals surface area (Å²) in [5, 5.41) is 20.2. The fourth-order valence-electron chi connectivity index (χ4n) is 0.277. The van der Waals surface area contributed by atoms with E-state index in [4.69, 9.17) is 10.5 Å². The summed E-state index contributed by atoms with van der Waals surface area (Å²) in [6.07, 6.45) is 0.503. The van der Waals surface area contributed by atoms with Crippen LogP contribution in [-0.2, 0) is 14.8 Å². The number of nitriles is 2. The number of hydrogen-bond donors (Lipinski definition) is 0. The molecule has 0 spiro atoms. The van der Waals surface area contributed by atoms with Gasteiger partial charge in [-0.15, -0.1) is 0 Å². The molecule has 0 saturated carbocycles. The van der Waals surface area contributed by atoms with Crippen LogP contribution in [0.3, 0.4) is 0 Å². The maximum Gasteiger partial charge on any atom is 0.0983 e. The fraction of sp³-hybridized carbons (Fsp3) is 0.667. The van der Waals surface area contributed by atoms with E-state index in [-0.39, 0.29) is 26.1 Å². The van der Waals surface area contributed by atoms with Crippen molar-refractivity contribution in [2.75, 3.05) is 13.2 Å². The molecule has 0 fully saturated rings. The van der Waals surface area contributed by atoms with Crippen LogP contribution in [0.2, 0.25) is 0 Å². The number of hydrogen-bond acceptors (Lipinski definition) is 5. The Morgan fingerprint density at radius 2 is 1.36 bits per heavy atom. The summed E-state index contributed by atoms with van der Waals surface area (Å²) in [5.41, 5.74) is 0. The van der Waals surface area contributed by atoms with Gasteiger partial charge in [0.1, 0.15) is 0 Å². The van der Waals surface area contributed by atoms with Gasteiger partial charge in [0.15, 0.2) is 0 Å². The minimum absolute atomic E-state index is 0.170. The van der Waals surface area contributed by atoms with Crippen LogP contribution >= 0.6 is 0 Å². The van der Waals surface area contributed by atoms with Gasteiger partial charge in [0.05, 0.1) is 38.2 Å². The van der Waals surface area contributed by atoms with Gasteiger partial charge >= 0.3 is 0 Å². The average Bonchev–Trinajstić information content (AvgIpc) is 2.03. The summed E-state index contributed by atoms with van der Waals surface area (Å²) >= 11 is 0. The molecule has 5 nitrogen and oxygen atoms in total. The molecular weight excluding hydrogens is 148 g/mol. The highest BCUT2D eigenvalue weighted by molar-refractivity contribution is 4.66. The molecule has 0 saturated heterocycles. The summed E-state index contributed by atoms with van der Waals surface area (Å²) in [4.78, 5) is 8.73. The first-order valence-electron chi connectivity index (χ1n) is 3.07. The number of nitrogens with zero attached hydrogens (tertiary/aromatic N) is 2. The lowest BCUT2D eigenvalue weighted by Crippen LogP contribution is -1.98. The van der Waals surface area contributed by atoms with Crippen LogP contribution in [0.25, 0.3) is 0 Å². The molecule has 0 aliphatic carbocycles. The predicted molar refractivity (Wildman–Crippen MR) is 33.4 cm³/mol. The number of rotatable bonds is 6. The van der Waals surface area contributed by atoms with E-state index in [9.17, 15) is 0 Å². The molecule has 0 amide bonds. The molecule has 0 rings (SSSR count). The van der Waals surface area contributed by atoms with Gasteiger partial charge in [-0.05, 0) is 0 Å². The van der Waals surface area contributed by atoms with E-state index in [1.165, 1.54) is 0 Å². The highest BCUT2D eigenvalue weighted by atomic mass is 17.5. The van der Waals surface area contributed by atoms with E-state index >= 15 is 0 Å². The zero-order chi connectivity index (χ0) is 8.36. The molecule has 0 aromatic rings. The van der Waals surface area contributed by atoms with Gasteiger partial charge in [-0.2, -0.15) is 10.5 Å². The lowest BCUT2D eigenvalue weighted by Gasteiger charge is -1.97. The zero-order valence-electron chi connectivity index (χ0n) is 5.95. The Morgan fingerprint density at radius 1 is 0.909 bits per heavy atom. The molecule has 0 atom stereocenters. The molecule has 11 heavy (non-hydrogen) atoms. The molecule has 0 aliphatic rings. The minimum Gasteiger partial charge on any atom is -0.205 e. The summed E-state index contributed by atoms with van der Waals surface area (Å²) in [6, 6.07) is 3.71. The van der Waals surface area contributed by atoms with Gasteiger partial charge in [0.25, 0.3) is 0 Å².